The number of methoxy groups -OCH3 is 4. The van der Waals surface area contributed by atoms with E-state index in [-0.39, 0.29) is 5.95 Å². The Bertz CT molecular complexity index is 1190. The summed E-state index contributed by atoms with van der Waals surface area (Å²) in [7, 11) is 6.52. The molecule has 0 radical (unpaired) electrons. The molecule has 0 saturated carbocycles. The van der Waals surface area contributed by atoms with Crippen LogP contribution in [0.1, 0.15) is 36.1 Å². The minimum atomic E-state index is 0.249. The molecule has 0 unspecified atom stereocenters. The topological polar surface area (TPSA) is 88.7 Å². The number of allylic oxidation sites excluding steroid dienone is 1. The van der Waals surface area contributed by atoms with Gasteiger partial charge < -0.3 is 24.7 Å². The van der Waals surface area contributed by atoms with E-state index in [0.717, 1.165) is 59.3 Å². The van der Waals surface area contributed by atoms with Crippen molar-refractivity contribution < 1.29 is 18.9 Å². The Labute approximate surface area is 194 Å². The maximum absolute atomic E-state index is 6.19. The fourth-order valence-corrected chi connectivity index (χ4v) is 4.25. The van der Waals surface area contributed by atoms with Crippen molar-refractivity contribution in [1.29, 1.82) is 0 Å². The summed E-state index contributed by atoms with van der Waals surface area (Å²) < 4.78 is 21.7. The molecule has 0 saturated heterocycles. The standard InChI is InChI=1S/C26H29N3O4/c1-30-20-11-9-16(14-22(20)32-3)13-17-7-5-6-8-19-24(17)28-26(27)29-25(19)18-10-12-21(31-2)23(15-18)33-4/h9-15H,5-8H2,1-4H3,(H2,27,28,29)/b17-13+. The molecule has 1 heterocycles. The van der Waals surface area contributed by atoms with Crippen molar-refractivity contribution >= 4 is 17.6 Å². The van der Waals surface area contributed by atoms with E-state index in [1.165, 1.54) is 0 Å². The molecule has 1 aromatic heterocycles. The number of benzene rings is 2. The molecule has 0 spiro atoms. The van der Waals surface area contributed by atoms with Gasteiger partial charge in [0.05, 0.1) is 39.8 Å². The van der Waals surface area contributed by atoms with E-state index in [1.54, 1.807) is 28.4 Å². The SMILES string of the molecule is COc1ccc(/C=C2\CCCCc3c2nc(N)nc3-c2ccc(OC)c(OC)c2)cc1OC. The van der Waals surface area contributed by atoms with Gasteiger partial charge in [-0.1, -0.05) is 6.07 Å². The molecule has 2 N–H and O–H groups in total. The van der Waals surface area contributed by atoms with Crippen LogP contribution in [0.4, 0.5) is 5.95 Å². The van der Waals surface area contributed by atoms with Gasteiger partial charge in [0, 0.05) is 11.1 Å². The zero-order valence-electron chi connectivity index (χ0n) is 19.5. The zero-order chi connectivity index (χ0) is 23.4. The second-order valence-electron chi connectivity index (χ2n) is 7.82. The van der Waals surface area contributed by atoms with Gasteiger partial charge >= 0.3 is 0 Å². The van der Waals surface area contributed by atoms with Crippen LogP contribution in [0.25, 0.3) is 22.9 Å². The number of aromatic nitrogens is 2. The number of fused-ring (bicyclic) bond motifs is 1. The normalized spacial score (nSPS) is 14.4. The molecule has 0 atom stereocenters. The number of nitrogen functional groups attached to an aromatic ring is 1. The van der Waals surface area contributed by atoms with Gasteiger partial charge in [0.25, 0.3) is 0 Å². The van der Waals surface area contributed by atoms with E-state index in [1.807, 2.05) is 36.4 Å². The second kappa shape index (κ2) is 9.81. The van der Waals surface area contributed by atoms with Gasteiger partial charge in [-0.3, -0.25) is 0 Å². The largest absolute Gasteiger partial charge is 0.493 e. The summed E-state index contributed by atoms with van der Waals surface area (Å²) in [6.45, 7) is 0. The van der Waals surface area contributed by atoms with Crippen LogP contribution in [-0.4, -0.2) is 38.4 Å². The van der Waals surface area contributed by atoms with Crippen molar-refractivity contribution in [3.8, 4) is 34.3 Å². The summed E-state index contributed by atoms with van der Waals surface area (Å²) in [6, 6.07) is 11.7. The van der Waals surface area contributed by atoms with Crippen molar-refractivity contribution in [2.24, 2.45) is 0 Å². The fourth-order valence-electron chi connectivity index (χ4n) is 4.25. The van der Waals surface area contributed by atoms with Crippen LogP contribution < -0.4 is 24.7 Å². The summed E-state index contributed by atoms with van der Waals surface area (Å²) in [4.78, 5) is 9.30. The van der Waals surface area contributed by atoms with Crippen molar-refractivity contribution in [1.82, 2.24) is 9.97 Å². The van der Waals surface area contributed by atoms with E-state index >= 15 is 0 Å². The Balaban J connectivity index is 1.84. The Morgan fingerprint density at radius 1 is 0.727 bits per heavy atom. The molecule has 172 valence electrons. The molecule has 3 aromatic rings. The van der Waals surface area contributed by atoms with Crippen LogP contribution in [0.15, 0.2) is 36.4 Å². The number of nitrogens with two attached hydrogens (primary N) is 1. The monoisotopic (exact) mass is 447 g/mol. The van der Waals surface area contributed by atoms with E-state index in [9.17, 15) is 0 Å². The Morgan fingerprint density at radius 2 is 1.33 bits per heavy atom. The smallest absolute Gasteiger partial charge is 0.221 e. The van der Waals surface area contributed by atoms with Gasteiger partial charge in [-0.2, -0.15) is 0 Å². The first-order valence-electron chi connectivity index (χ1n) is 10.9. The molecule has 2 aromatic carbocycles. The average molecular weight is 448 g/mol. The highest BCUT2D eigenvalue weighted by Crippen LogP contribution is 2.39. The molecule has 0 fully saturated rings. The third kappa shape index (κ3) is 4.58. The molecular formula is C26H29N3O4. The number of anilines is 1. The van der Waals surface area contributed by atoms with Crippen LogP contribution in [0, 0.1) is 0 Å². The predicted molar refractivity (Wildman–Crippen MR) is 130 cm³/mol. The van der Waals surface area contributed by atoms with Crippen molar-refractivity contribution in [2.75, 3.05) is 34.2 Å². The highest BCUT2D eigenvalue weighted by molar-refractivity contribution is 5.85. The summed E-state index contributed by atoms with van der Waals surface area (Å²) in [5.41, 5.74) is 12.1. The first kappa shape index (κ1) is 22.5. The number of ether oxygens (including phenoxy) is 4. The van der Waals surface area contributed by atoms with Gasteiger partial charge in [-0.25, -0.2) is 9.97 Å². The van der Waals surface area contributed by atoms with Crippen LogP contribution in [-0.2, 0) is 6.42 Å². The Kier molecular flexibility index (Phi) is 6.68. The maximum Gasteiger partial charge on any atom is 0.221 e. The molecule has 0 aliphatic heterocycles. The molecule has 1 aliphatic carbocycles. The third-order valence-corrected chi connectivity index (χ3v) is 5.86. The number of nitrogens with zero attached hydrogens (tertiary/aromatic N) is 2. The Morgan fingerprint density at radius 3 is 2.03 bits per heavy atom. The molecule has 7 nitrogen and oxygen atoms in total. The van der Waals surface area contributed by atoms with Crippen LogP contribution >= 0.6 is 0 Å². The highest BCUT2D eigenvalue weighted by atomic mass is 16.5. The lowest BCUT2D eigenvalue weighted by Crippen LogP contribution is -2.06. The minimum Gasteiger partial charge on any atom is -0.493 e. The molecule has 7 heteroatoms. The Hall–Kier alpha value is -3.74. The molecule has 4 rings (SSSR count). The number of hydrogen-bond acceptors (Lipinski definition) is 7. The lowest BCUT2D eigenvalue weighted by atomic mass is 9.97. The van der Waals surface area contributed by atoms with E-state index in [2.05, 4.69) is 16.0 Å². The summed E-state index contributed by atoms with van der Waals surface area (Å²) in [5.74, 6) is 2.95. The molecule has 33 heavy (non-hydrogen) atoms. The summed E-state index contributed by atoms with van der Waals surface area (Å²) in [5, 5.41) is 0. The van der Waals surface area contributed by atoms with Gasteiger partial charge in [0.15, 0.2) is 23.0 Å². The van der Waals surface area contributed by atoms with E-state index in [0.29, 0.717) is 23.0 Å². The first-order chi connectivity index (χ1) is 16.1. The molecular weight excluding hydrogens is 418 g/mol. The number of rotatable bonds is 6. The van der Waals surface area contributed by atoms with Crippen molar-refractivity contribution in [3.63, 3.8) is 0 Å². The second-order valence-corrected chi connectivity index (χ2v) is 7.82. The predicted octanol–water partition coefficient (Wildman–Crippen LogP) is 5.03. The number of hydrogen-bond donors (Lipinski definition) is 1. The highest BCUT2D eigenvalue weighted by Gasteiger charge is 2.21. The quantitative estimate of drug-likeness (QED) is 0.530. The van der Waals surface area contributed by atoms with Gasteiger partial charge in [-0.15, -0.1) is 0 Å². The van der Waals surface area contributed by atoms with Crippen molar-refractivity contribution in [2.45, 2.75) is 25.7 Å². The lowest BCUT2D eigenvalue weighted by molar-refractivity contribution is 0.355. The molecule has 1 aliphatic rings. The zero-order valence-corrected chi connectivity index (χ0v) is 19.5. The lowest BCUT2D eigenvalue weighted by Gasteiger charge is -2.15. The average Bonchev–Trinajstić information content (AvgIpc) is 3.05. The summed E-state index contributed by atoms with van der Waals surface area (Å²) in [6.07, 6.45) is 6.03. The van der Waals surface area contributed by atoms with Gasteiger partial charge in [-0.05, 0) is 73.2 Å². The minimum absolute atomic E-state index is 0.249. The summed E-state index contributed by atoms with van der Waals surface area (Å²) >= 11 is 0. The van der Waals surface area contributed by atoms with Crippen molar-refractivity contribution in [3.05, 3.63) is 53.2 Å². The first-order valence-corrected chi connectivity index (χ1v) is 10.9. The molecule has 0 amide bonds. The third-order valence-electron chi connectivity index (χ3n) is 5.86. The van der Waals surface area contributed by atoms with Gasteiger partial charge in [0.2, 0.25) is 5.95 Å². The van der Waals surface area contributed by atoms with Crippen LogP contribution in [0.3, 0.4) is 0 Å². The van der Waals surface area contributed by atoms with Crippen LogP contribution in [0.5, 0.6) is 23.0 Å². The van der Waals surface area contributed by atoms with E-state index in [4.69, 9.17) is 24.7 Å². The van der Waals surface area contributed by atoms with Gasteiger partial charge in [0.1, 0.15) is 0 Å². The molecule has 0 bridgehead atoms. The fraction of sp³-hybridized carbons (Fsp3) is 0.308. The maximum atomic E-state index is 6.19. The van der Waals surface area contributed by atoms with Crippen LogP contribution in [0.2, 0.25) is 0 Å². The van der Waals surface area contributed by atoms with E-state index < -0.39 is 0 Å².